The number of hydrogen-bond acceptors (Lipinski definition) is 2. The van der Waals surface area contributed by atoms with Crippen molar-refractivity contribution in [3.05, 3.63) is 29.3 Å². The lowest BCUT2D eigenvalue weighted by atomic mass is 9.87. The maximum absolute atomic E-state index is 11.8. The summed E-state index contributed by atoms with van der Waals surface area (Å²) >= 11 is 0. The van der Waals surface area contributed by atoms with Crippen LogP contribution in [0.3, 0.4) is 0 Å². The highest BCUT2D eigenvalue weighted by molar-refractivity contribution is 6.05. The molecule has 0 fully saturated rings. The number of benzene rings is 1. The summed E-state index contributed by atoms with van der Waals surface area (Å²) in [5, 5.41) is 11.8. The zero-order valence-electron chi connectivity index (χ0n) is 9.86. The van der Waals surface area contributed by atoms with Gasteiger partial charge < -0.3 is 10.4 Å². The second-order valence-electron chi connectivity index (χ2n) is 4.37. The third-order valence-electron chi connectivity index (χ3n) is 3.29. The van der Waals surface area contributed by atoms with Crippen molar-refractivity contribution in [1.82, 2.24) is 0 Å². The molecule has 4 nitrogen and oxygen atoms in total. The largest absolute Gasteiger partial charge is 0.481 e. The lowest BCUT2D eigenvalue weighted by molar-refractivity contribution is -0.143. The average Bonchev–Trinajstić information content (AvgIpc) is 2.62. The molecule has 2 unspecified atom stereocenters. The van der Waals surface area contributed by atoms with Gasteiger partial charge in [0, 0.05) is 5.69 Å². The monoisotopic (exact) mass is 233 g/mol. The standard InChI is InChI=1S/C13H15NO3/c1-3-8-4-5-10-9(6-8)11(12(15)14-10)7(2)13(16)17/h4-7,11H,3H2,1-2H3,(H,14,15)(H,16,17). The van der Waals surface area contributed by atoms with E-state index < -0.39 is 17.8 Å². The maximum atomic E-state index is 11.8. The first-order chi connectivity index (χ1) is 8.04. The predicted molar refractivity (Wildman–Crippen MR) is 64.0 cm³/mol. The zero-order chi connectivity index (χ0) is 12.6. The molecule has 1 aromatic carbocycles. The van der Waals surface area contributed by atoms with Gasteiger partial charge in [0.2, 0.25) is 5.91 Å². The average molecular weight is 233 g/mol. The second-order valence-corrected chi connectivity index (χ2v) is 4.37. The first-order valence-corrected chi connectivity index (χ1v) is 5.71. The van der Waals surface area contributed by atoms with Crippen molar-refractivity contribution >= 4 is 17.6 Å². The summed E-state index contributed by atoms with van der Waals surface area (Å²) in [6.07, 6.45) is 0.871. The number of rotatable bonds is 3. The molecule has 0 spiro atoms. The van der Waals surface area contributed by atoms with E-state index in [1.807, 2.05) is 25.1 Å². The van der Waals surface area contributed by atoms with Crippen LogP contribution in [-0.2, 0) is 16.0 Å². The highest BCUT2D eigenvalue weighted by atomic mass is 16.4. The first-order valence-electron chi connectivity index (χ1n) is 5.71. The molecule has 0 aromatic heterocycles. The van der Waals surface area contributed by atoms with Gasteiger partial charge in [-0.25, -0.2) is 0 Å². The molecule has 0 saturated carbocycles. The SMILES string of the molecule is CCc1ccc2c(c1)C(C(C)C(=O)O)C(=O)N2. The number of aliphatic carboxylic acids is 1. The maximum Gasteiger partial charge on any atom is 0.307 e. The summed E-state index contributed by atoms with van der Waals surface area (Å²) in [7, 11) is 0. The number of carboxylic acids is 1. The third kappa shape index (κ3) is 1.90. The predicted octanol–water partition coefficient (Wildman–Crippen LogP) is 2.01. The van der Waals surface area contributed by atoms with E-state index in [0.29, 0.717) is 0 Å². The van der Waals surface area contributed by atoms with Gasteiger partial charge >= 0.3 is 5.97 Å². The summed E-state index contributed by atoms with van der Waals surface area (Å²) in [5.41, 5.74) is 2.66. The van der Waals surface area contributed by atoms with Crippen LogP contribution in [0.5, 0.6) is 0 Å². The molecule has 2 N–H and O–H groups in total. The molecular formula is C13H15NO3. The van der Waals surface area contributed by atoms with Crippen molar-refractivity contribution in [3.8, 4) is 0 Å². The minimum Gasteiger partial charge on any atom is -0.481 e. The molecule has 17 heavy (non-hydrogen) atoms. The Labute approximate surface area is 99.6 Å². The minimum absolute atomic E-state index is 0.219. The summed E-state index contributed by atoms with van der Waals surface area (Å²) in [6.45, 7) is 3.60. The van der Waals surface area contributed by atoms with Gasteiger partial charge in [-0.2, -0.15) is 0 Å². The Hall–Kier alpha value is -1.84. The lowest BCUT2D eigenvalue weighted by Gasteiger charge is -2.13. The number of aryl methyl sites for hydroxylation is 1. The summed E-state index contributed by atoms with van der Waals surface area (Å²) in [4.78, 5) is 22.8. The van der Waals surface area contributed by atoms with Gasteiger partial charge in [-0.05, 0) is 23.6 Å². The van der Waals surface area contributed by atoms with E-state index in [1.54, 1.807) is 6.92 Å². The molecule has 0 saturated heterocycles. The van der Waals surface area contributed by atoms with E-state index in [4.69, 9.17) is 5.11 Å². The van der Waals surface area contributed by atoms with Crippen molar-refractivity contribution in [2.75, 3.05) is 5.32 Å². The zero-order valence-corrected chi connectivity index (χ0v) is 9.86. The van der Waals surface area contributed by atoms with E-state index in [1.165, 1.54) is 0 Å². The molecule has 1 heterocycles. The molecule has 1 amide bonds. The highest BCUT2D eigenvalue weighted by Crippen LogP contribution is 2.38. The first kappa shape index (κ1) is 11.6. The quantitative estimate of drug-likeness (QED) is 0.839. The van der Waals surface area contributed by atoms with Crippen LogP contribution in [0.1, 0.15) is 30.9 Å². The number of nitrogens with one attached hydrogen (secondary N) is 1. The molecule has 0 bridgehead atoms. The fraction of sp³-hybridized carbons (Fsp3) is 0.385. The Morgan fingerprint density at radius 3 is 2.82 bits per heavy atom. The molecule has 1 aromatic rings. The highest BCUT2D eigenvalue weighted by Gasteiger charge is 2.38. The van der Waals surface area contributed by atoms with E-state index in [-0.39, 0.29) is 5.91 Å². The normalized spacial score (nSPS) is 19.6. The molecule has 0 radical (unpaired) electrons. The van der Waals surface area contributed by atoms with Crippen LogP contribution in [0.4, 0.5) is 5.69 Å². The topological polar surface area (TPSA) is 66.4 Å². The Bertz CT molecular complexity index is 482. The smallest absolute Gasteiger partial charge is 0.307 e. The Morgan fingerprint density at radius 1 is 1.53 bits per heavy atom. The summed E-state index contributed by atoms with van der Waals surface area (Å²) < 4.78 is 0. The third-order valence-corrected chi connectivity index (χ3v) is 3.29. The van der Waals surface area contributed by atoms with Gasteiger partial charge in [-0.1, -0.05) is 26.0 Å². The number of carbonyl (C=O) groups is 2. The molecular weight excluding hydrogens is 218 g/mol. The fourth-order valence-electron chi connectivity index (χ4n) is 2.19. The molecule has 1 aliphatic heterocycles. The molecule has 0 aliphatic carbocycles. The Balaban J connectivity index is 2.44. The van der Waals surface area contributed by atoms with E-state index in [9.17, 15) is 9.59 Å². The van der Waals surface area contributed by atoms with Gasteiger partial charge in [0.1, 0.15) is 0 Å². The van der Waals surface area contributed by atoms with Crippen LogP contribution in [0, 0.1) is 5.92 Å². The van der Waals surface area contributed by atoms with Gasteiger partial charge in [-0.15, -0.1) is 0 Å². The lowest BCUT2D eigenvalue weighted by Crippen LogP contribution is -2.24. The van der Waals surface area contributed by atoms with E-state index >= 15 is 0 Å². The van der Waals surface area contributed by atoms with Crippen LogP contribution in [0.25, 0.3) is 0 Å². The van der Waals surface area contributed by atoms with Crippen molar-refractivity contribution in [2.45, 2.75) is 26.2 Å². The van der Waals surface area contributed by atoms with E-state index in [2.05, 4.69) is 5.32 Å². The number of amides is 1. The van der Waals surface area contributed by atoms with Crippen LogP contribution >= 0.6 is 0 Å². The summed E-state index contributed by atoms with van der Waals surface area (Å²) in [6, 6.07) is 5.73. The second kappa shape index (κ2) is 4.20. The Morgan fingerprint density at radius 2 is 2.24 bits per heavy atom. The molecule has 2 atom stereocenters. The molecule has 4 heteroatoms. The number of carboxylic acid groups (broad SMARTS) is 1. The van der Waals surface area contributed by atoms with Crippen molar-refractivity contribution in [1.29, 1.82) is 0 Å². The number of carbonyl (C=O) groups excluding carboxylic acids is 1. The van der Waals surface area contributed by atoms with Crippen LogP contribution in [-0.4, -0.2) is 17.0 Å². The van der Waals surface area contributed by atoms with Gasteiger partial charge in [0.25, 0.3) is 0 Å². The number of hydrogen-bond donors (Lipinski definition) is 2. The molecule has 90 valence electrons. The Kier molecular flexibility index (Phi) is 2.88. The number of fused-ring (bicyclic) bond motifs is 1. The van der Waals surface area contributed by atoms with Crippen molar-refractivity contribution < 1.29 is 14.7 Å². The summed E-state index contributed by atoms with van der Waals surface area (Å²) in [5.74, 6) is -2.44. The van der Waals surface area contributed by atoms with Gasteiger partial charge in [0.05, 0.1) is 11.8 Å². The fourth-order valence-corrected chi connectivity index (χ4v) is 2.19. The molecule has 1 aliphatic rings. The van der Waals surface area contributed by atoms with Crippen molar-refractivity contribution in [3.63, 3.8) is 0 Å². The van der Waals surface area contributed by atoms with Gasteiger partial charge in [0.15, 0.2) is 0 Å². The molecule has 2 rings (SSSR count). The number of anilines is 1. The van der Waals surface area contributed by atoms with Crippen LogP contribution in [0.2, 0.25) is 0 Å². The van der Waals surface area contributed by atoms with E-state index in [0.717, 1.165) is 23.2 Å². The van der Waals surface area contributed by atoms with Crippen LogP contribution in [0.15, 0.2) is 18.2 Å². The minimum atomic E-state index is -0.945. The van der Waals surface area contributed by atoms with Crippen molar-refractivity contribution in [2.24, 2.45) is 5.92 Å². The van der Waals surface area contributed by atoms with Crippen LogP contribution < -0.4 is 5.32 Å². The van der Waals surface area contributed by atoms with Gasteiger partial charge in [-0.3, -0.25) is 9.59 Å².